The maximum Gasteiger partial charge on any atom is 0.303 e. The quantitative estimate of drug-likeness (QED) is 0.641. The highest BCUT2D eigenvalue weighted by molar-refractivity contribution is 5.85. The predicted molar refractivity (Wildman–Crippen MR) is 113 cm³/mol. The zero-order valence-corrected chi connectivity index (χ0v) is 16.4. The van der Waals surface area contributed by atoms with Crippen LogP contribution in [0.1, 0.15) is 36.8 Å². The third-order valence-electron chi connectivity index (χ3n) is 5.03. The van der Waals surface area contributed by atoms with E-state index in [1.807, 2.05) is 12.1 Å². The van der Waals surface area contributed by atoms with Crippen LogP contribution in [0.5, 0.6) is 0 Å². The highest BCUT2D eigenvalue weighted by Gasteiger charge is 2.23. The fraction of sp³-hybridized carbons (Fsp3) is 0.348. The van der Waals surface area contributed by atoms with Crippen molar-refractivity contribution in [1.82, 2.24) is 4.90 Å². The molecule has 144 valence electrons. The molecule has 2 aromatic rings. The lowest BCUT2D eigenvalue weighted by Crippen LogP contribution is -2.22. The Morgan fingerprint density at radius 3 is 2.19 bits per heavy atom. The zero-order valence-electron chi connectivity index (χ0n) is 15.6. The normalized spacial score (nSPS) is 16.5. The van der Waals surface area contributed by atoms with Crippen LogP contribution < -0.4 is 0 Å². The van der Waals surface area contributed by atoms with Gasteiger partial charge in [-0.3, -0.25) is 4.79 Å². The van der Waals surface area contributed by atoms with E-state index in [1.165, 1.54) is 16.7 Å². The molecule has 0 spiro atoms. The van der Waals surface area contributed by atoms with Crippen LogP contribution in [0.2, 0.25) is 0 Å². The Balaban J connectivity index is 0.00000261. The van der Waals surface area contributed by atoms with Crippen LogP contribution in [-0.2, 0) is 4.79 Å². The van der Waals surface area contributed by atoms with E-state index in [2.05, 4.69) is 59.5 Å². The average Bonchev–Trinajstić information content (AvgIpc) is 3.10. The molecule has 1 aliphatic heterocycles. The molecule has 0 amide bonds. The summed E-state index contributed by atoms with van der Waals surface area (Å²) < 4.78 is 0. The van der Waals surface area contributed by atoms with Gasteiger partial charge in [0.2, 0.25) is 0 Å². The molecule has 0 aliphatic carbocycles. The van der Waals surface area contributed by atoms with Gasteiger partial charge in [0.1, 0.15) is 0 Å². The van der Waals surface area contributed by atoms with Crippen LogP contribution in [0.25, 0.3) is 5.57 Å². The summed E-state index contributed by atoms with van der Waals surface area (Å²) in [5, 5.41) is 8.93. The molecule has 1 saturated heterocycles. The monoisotopic (exact) mass is 385 g/mol. The first-order chi connectivity index (χ1) is 12.7. The van der Waals surface area contributed by atoms with Gasteiger partial charge in [0, 0.05) is 13.0 Å². The zero-order chi connectivity index (χ0) is 18.2. The molecule has 0 bridgehead atoms. The number of rotatable bonds is 8. The molecule has 1 N–H and O–H groups in total. The number of aliphatic carboxylic acids is 1. The van der Waals surface area contributed by atoms with Crippen LogP contribution in [0, 0.1) is 5.92 Å². The highest BCUT2D eigenvalue weighted by Crippen LogP contribution is 2.24. The summed E-state index contributed by atoms with van der Waals surface area (Å²) in [4.78, 5) is 13.2. The second-order valence-corrected chi connectivity index (χ2v) is 7.05. The van der Waals surface area contributed by atoms with E-state index in [0.717, 1.165) is 38.9 Å². The van der Waals surface area contributed by atoms with Gasteiger partial charge in [-0.15, -0.1) is 12.4 Å². The largest absolute Gasteiger partial charge is 0.481 e. The van der Waals surface area contributed by atoms with Crippen molar-refractivity contribution in [2.75, 3.05) is 19.6 Å². The first-order valence-electron chi connectivity index (χ1n) is 9.47. The van der Waals surface area contributed by atoms with Crippen molar-refractivity contribution in [1.29, 1.82) is 0 Å². The van der Waals surface area contributed by atoms with Crippen LogP contribution in [-0.4, -0.2) is 35.6 Å². The molecule has 27 heavy (non-hydrogen) atoms. The van der Waals surface area contributed by atoms with Crippen molar-refractivity contribution in [2.45, 2.75) is 25.7 Å². The van der Waals surface area contributed by atoms with E-state index in [4.69, 9.17) is 5.11 Å². The van der Waals surface area contributed by atoms with Crippen molar-refractivity contribution in [3.05, 3.63) is 77.9 Å². The number of carbonyl (C=O) groups is 1. The fourth-order valence-corrected chi connectivity index (χ4v) is 3.73. The summed E-state index contributed by atoms with van der Waals surface area (Å²) >= 11 is 0. The first-order valence-corrected chi connectivity index (χ1v) is 9.47. The van der Waals surface area contributed by atoms with Gasteiger partial charge in [-0.25, -0.2) is 0 Å². The molecule has 0 radical (unpaired) electrons. The number of carboxylic acids is 1. The Morgan fingerprint density at radius 2 is 1.63 bits per heavy atom. The second kappa shape index (κ2) is 10.9. The highest BCUT2D eigenvalue weighted by atomic mass is 35.5. The van der Waals surface area contributed by atoms with Crippen molar-refractivity contribution in [2.24, 2.45) is 5.92 Å². The molecule has 3 nitrogen and oxygen atoms in total. The minimum atomic E-state index is -0.671. The smallest absolute Gasteiger partial charge is 0.303 e. The topological polar surface area (TPSA) is 40.5 Å². The lowest BCUT2D eigenvalue weighted by atomic mass is 9.96. The number of benzene rings is 2. The Labute approximate surface area is 168 Å². The summed E-state index contributed by atoms with van der Waals surface area (Å²) in [7, 11) is 0. The van der Waals surface area contributed by atoms with Gasteiger partial charge in [-0.1, -0.05) is 66.7 Å². The average molecular weight is 386 g/mol. The SMILES string of the molecule is Cl.O=C(O)CC1CCN(CCCC=C(c2ccccc2)c2ccccc2)C1. The van der Waals surface area contributed by atoms with Gasteiger partial charge in [0.25, 0.3) is 0 Å². The number of hydrogen-bond donors (Lipinski definition) is 1. The first kappa shape index (κ1) is 21.2. The lowest BCUT2D eigenvalue weighted by molar-refractivity contribution is -0.138. The van der Waals surface area contributed by atoms with Gasteiger partial charge in [-0.05, 0) is 55.0 Å². The third kappa shape index (κ3) is 6.53. The molecule has 1 aliphatic rings. The summed E-state index contributed by atoms with van der Waals surface area (Å²) in [6.45, 7) is 3.01. The standard InChI is InChI=1S/C23H27NO2.ClH/c25-23(26)17-19-14-16-24(18-19)15-8-7-13-22(20-9-3-1-4-10-20)21-11-5-2-6-12-21;/h1-6,9-13,19H,7-8,14-18H2,(H,25,26);1H. The number of carboxylic acid groups (broad SMARTS) is 1. The molecule has 0 aromatic heterocycles. The van der Waals surface area contributed by atoms with Gasteiger partial charge in [0.15, 0.2) is 0 Å². The number of allylic oxidation sites excluding steroid dienone is 1. The van der Waals surface area contributed by atoms with Gasteiger partial charge in [-0.2, -0.15) is 0 Å². The molecule has 1 atom stereocenters. The van der Waals surface area contributed by atoms with Gasteiger partial charge < -0.3 is 10.0 Å². The number of unbranched alkanes of at least 4 members (excludes halogenated alkanes) is 1. The summed E-state index contributed by atoms with van der Waals surface area (Å²) in [5.41, 5.74) is 3.79. The van der Waals surface area contributed by atoms with Crippen molar-refractivity contribution in [3.8, 4) is 0 Å². The fourth-order valence-electron chi connectivity index (χ4n) is 3.73. The number of halogens is 1. The Morgan fingerprint density at radius 1 is 1.04 bits per heavy atom. The summed E-state index contributed by atoms with van der Waals surface area (Å²) in [6.07, 6.45) is 5.79. The third-order valence-corrected chi connectivity index (χ3v) is 5.03. The molecule has 1 unspecified atom stereocenters. The van der Waals surface area contributed by atoms with Crippen molar-refractivity contribution >= 4 is 23.9 Å². The Bertz CT molecular complexity index is 689. The van der Waals surface area contributed by atoms with Crippen LogP contribution in [0.3, 0.4) is 0 Å². The van der Waals surface area contributed by atoms with E-state index in [0.29, 0.717) is 12.3 Å². The van der Waals surface area contributed by atoms with E-state index in [1.54, 1.807) is 0 Å². The number of hydrogen-bond acceptors (Lipinski definition) is 2. The summed E-state index contributed by atoms with van der Waals surface area (Å²) in [5.74, 6) is -0.345. The summed E-state index contributed by atoms with van der Waals surface area (Å²) in [6, 6.07) is 21.1. The van der Waals surface area contributed by atoms with Crippen LogP contribution >= 0.6 is 12.4 Å². The Kier molecular flexibility index (Phi) is 8.56. The molecule has 3 rings (SSSR count). The minimum Gasteiger partial charge on any atom is -0.481 e. The van der Waals surface area contributed by atoms with Crippen LogP contribution in [0.4, 0.5) is 0 Å². The predicted octanol–water partition coefficient (Wildman–Crippen LogP) is 5.12. The van der Waals surface area contributed by atoms with E-state index in [9.17, 15) is 4.79 Å². The molecule has 0 saturated carbocycles. The van der Waals surface area contributed by atoms with E-state index >= 15 is 0 Å². The van der Waals surface area contributed by atoms with Gasteiger partial charge in [0.05, 0.1) is 0 Å². The Hall–Kier alpha value is -2.10. The second-order valence-electron chi connectivity index (χ2n) is 7.05. The maximum absolute atomic E-state index is 10.8. The van der Waals surface area contributed by atoms with Crippen molar-refractivity contribution < 1.29 is 9.90 Å². The van der Waals surface area contributed by atoms with Crippen LogP contribution in [0.15, 0.2) is 66.7 Å². The van der Waals surface area contributed by atoms with Gasteiger partial charge >= 0.3 is 5.97 Å². The molecular formula is C23H28ClNO2. The maximum atomic E-state index is 10.8. The molecule has 1 fully saturated rings. The molecule has 2 aromatic carbocycles. The molecule has 1 heterocycles. The van der Waals surface area contributed by atoms with E-state index in [-0.39, 0.29) is 12.4 Å². The number of likely N-dealkylation sites (tertiary alicyclic amines) is 1. The van der Waals surface area contributed by atoms with Crippen molar-refractivity contribution in [3.63, 3.8) is 0 Å². The molecular weight excluding hydrogens is 358 g/mol. The molecule has 4 heteroatoms. The number of nitrogens with zero attached hydrogens (tertiary/aromatic N) is 1. The van der Waals surface area contributed by atoms with E-state index < -0.39 is 5.97 Å². The minimum absolute atomic E-state index is 0. The lowest BCUT2D eigenvalue weighted by Gasteiger charge is -2.15.